The molecule has 0 radical (unpaired) electrons. The van der Waals surface area contributed by atoms with Gasteiger partial charge in [0, 0.05) is 12.0 Å². The van der Waals surface area contributed by atoms with Crippen LogP contribution in [0.4, 0.5) is 0 Å². The van der Waals surface area contributed by atoms with Crippen molar-refractivity contribution in [2.75, 3.05) is 13.2 Å². The summed E-state index contributed by atoms with van der Waals surface area (Å²) in [5, 5.41) is 0. The maximum absolute atomic E-state index is 12.3. The summed E-state index contributed by atoms with van der Waals surface area (Å²) in [6.07, 6.45) is 0.768. The predicted molar refractivity (Wildman–Crippen MR) is 122 cm³/mol. The zero-order chi connectivity index (χ0) is 22.1. The lowest BCUT2D eigenvalue weighted by atomic mass is 10.2. The standard InChI is InChI=1S/C24H23BrN2O4/c1-17-10-11-22(21(25)14-17)31-16-23(28)26-27-24(29)19-8-5-9-20(15-19)30-13-12-18-6-3-2-4-7-18/h2-11,14-15H,12-13,16H2,1H3,(H,26,28)(H,27,29). The zero-order valence-electron chi connectivity index (χ0n) is 17.1. The number of rotatable bonds is 8. The van der Waals surface area contributed by atoms with Gasteiger partial charge < -0.3 is 9.47 Å². The SMILES string of the molecule is Cc1ccc(OCC(=O)NNC(=O)c2cccc(OCCc3ccccc3)c2)c(Br)c1. The Morgan fingerprint density at radius 3 is 2.48 bits per heavy atom. The summed E-state index contributed by atoms with van der Waals surface area (Å²) in [5.74, 6) is 0.212. The van der Waals surface area contributed by atoms with Crippen molar-refractivity contribution in [3.05, 3.63) is 94.0 Å². The molecule has 0 saturated carbocycles. The van der Waals surface area contributed by atoms with Gasteiger partial charge in [-0.1, -0.05) is 42.5 Å². The Labute approximate surface area is 189 Å². The monoisotopic (exact) mass is 482 g/mol. The second-order valence-electron chi connectivity index (χ2n) is 6.84. The van der Waals surface area contributed by atoms with E-state index in [1.807, 2.05) is 49.4 Å². The Morgan fingerprint density at radius 2 is 1.71 bits per heavy atom. The molecule has 3 rings (SSSR count). The molecule has 0 aliphatic heterocycles. The van der Waals surface area contributed by atoms with Crippen molar-refractivity contribution in [1.82, 2.24) is 10.9 Å². The van der Waals surface area contributed by atoms with Crippen LogP contribution in [0, 0.1) is 6.92 Å². The molecule has 0 heterocycles. The van der Waals surface area contributed by atoms with Crippen LogP contribution in [0.1, 0.15) is 21.5 Å². The van der Waals surface area contributed by atoms with Crippen molar-refractivity contribution in [3.8, 4) is 11.5 Å². The molecule has 3 aromatic carbocycles. The van der Waals surface area contributed by atoms with Gasteiger partial charge in [0.25, 0.3) is 11.8 Å². The summed E-state index contributed by atoms with van der Waals surface area (Å²) in [5.41, 5.74) is 7.35. The highest BCUT2D eigenvalue weighted by molar-refractivity contribution is 9.10. The van der Waals surface area contributed by atoms with Crippen LogP contribution in [0.25, 0.3) is 0 Å². The highest BCUT2D eigenvalue weighted by atomic mass is 79.9. The maximum Gasteiger partial charge on any atom is 0.276 e. The molecule has 0 fully saturated rings. The molecule has 3 aromatic rings. The Balaban J connectivity index is 1.44. The van der Waals surface area contributed by atoms with Gasteiger partial charge in [-0.3, -0.25) is 20.4 Å². The van der Waals surface area contributed by atoms with Gasteiger partial charge in [0.15, 0.2) is 6.61 Å². The fraction of sp³-hybridized carbons (Fsp3) is 0.167. The third-order valence-electron chi connectivity index (χ3n) is 4.36. The molecule has 0 spiro atoms. The molecular formula is C24H23BrN2O4. The predicted octanol–water partition coefficient (Wildman–Crippen LogP) is 4.22. The first-order chi connectivity index (χ1) is 15.0. The highest BCUT2D eigenvalue weighted by Gasteiger charge is 2.10. The molecule has 31 heavy (non-hydrogen) atoms. The van der Waals surface area contributed by atoms with Gasteiger partial charge in [0.1, 0.15) is 11.5 Å². The van der Waals surface area contributed by atoms with Crippen LogP contribution in [0.15, 0.2) is 77.3 Å². The summed E-state index contributed by atoms with van der Waals surface area (Å²) in [7, 11) is 0. The molecule has 160 valence electrons. The van der Waals surface area contributed by atoms with Crippen molar-refractivity contribution in [1.29, 1.82) is 0 Å². The van der Waals surface area contributed by atoms with Gasteiger partial charge in [0.2, 0.25) is 0 Å². The zero-order valence-corrected chi connectivity index (χ0v) is 18.6. The molecule has 2 amide bonds. The molecular weight excluding hydrogens is 460 g/mol. The Bertz CT molecular complexity index is 1040. The molecule has 0 atom stereocenters. The van der Waals surface area contributed by atoms with Crippen LogP contribution in [0.2, 0.25) is 0 Å². The summed E-state index contributed by atoms with van der Waals surface area (Å²) < 4.78 is 12.0. The molecule has 0 aliphatic carbocycles. The fourth-order valence-corrected chi connectivity index (χ4v) is 3.37. The van der Waals surface area contributed by atoms with Gasteiger partial charge in [0.05, 0.1) is 11.1 Å². The van der Waals surface area contributed by atoms with Crippen molar-refractivity contribution >= 4 is 27.7 Å². The first-order valence-corrected chi connectivity index (χ1v) is 10.6. The lowest BCUT2D eigenvalue weighted by Crippen LogP contribution is -2.43. The number of hydrazine groups is 1. The molecule has 2 N–H and O–H groups in total. The van der Waals surface area contributed by atoms with Crippen molar-refractivity contribution in [3.63, 3.8) is 0 Å². The first-order valence-electron chi connectivity index (χ1n) is 9.76. The van der Waals surface area contributed by atoms with Crippen LogP contribution in [0.3, 0.4) is 0 Å². The van der Waals surface area contributed by atoms with Gasteiger partial charge in [-0.05, 0) is 64.3 Å². The number of hydrogen-bond donors (Lipinski definition) is 2. The van der Waals surface area contributed by atoms with Crippen LogP contribution in [-0.4, -0.2) is 25.0 Å². The second kappa shape index (κ2) is 11.2. The van der Waals surface area contributed by atoms with Crippen molar-refractivity contribution < 1.29 is 19.1 Å². The number of carbonyl (C=O) groups is 2. The molecule has 7 heteroatoms. The second-order valence-corrected chi connectivity index (χ2v) is 7.69. The van der Waals surface area contributed by atoms with E-state index < -0.39 is 11.8 Å². The van der Waals surface area contributed by atoms with E-state index in [9.17, 15) is 9.59 Å². The minimum absolute atomic E-state index is 0.232. The van der Waals surface area contributed by atoms with Gasteiger partial charge in [-0.2, -0.15) is 0 Å². The number of amides is 2. The number of nitrogens with one attached hydrogen (secondary N) is 2. The minimum atomic E-state index is -0.476. The summed E-state index contributed by atoms with van der Waals surface area (Å²) in [6.45, 7) is 2.22. The molecule has 0 saturated heterocycles. The number of ether oxygens (including phenoxy) is 2. The third-order valence-corrected chi connectivity index (χ3v) is 4.98. The van der Waals surface area contributed by atoms with Crippen molar-refractivity contribution in [2.24, 2.45) is 0 Å². The smallest absolute Gasteiger partial charge is 0.276 e. The highest BCUT2D eigenvalue weighted by Crippen LogP contribution is 2.25. The Morgan fingerprint density at radius 1 is 0.903 bits per heavy atom. The largest absolute Gasteiger partial charge is 0.493 e. The lowest BCUT2D eigenvalue weighted by Gasteiger charge is -2.11. The van der Waals surface area contributed by atoms with Crippen LogP contribution < -0.4 is 20.3 Å². The van der Waals surface area contributed by atoms with E-state index in [0.717, 1.165) is 16.5 Å². The van der Waals surface area contributed by atoms with E-state index in [-0.39, 0.29) is 6.61 Å². The minimum Gasteiger partial charge on any atom is -0.493 e. The van der Waals surface area contributed by atoms with Crippen molar-refractivity contribution in [2.45, 2.75) is 13.3 Å². The van der Waals surface area contributed by atoms with Crippen LogP contribution >= 0.6 is 15.9 Å². The van der Waals surface area contributed by atoms with Gasteiger partial charge in [-0.25, -0.2) is 0 Å². The van der Waals surface area contributed by atoms with E-state index in [1.165, 1.54) is 5.56 Å². The summed E-state index contributed by atoms with van der Waals surface area (Å²) in [4.78, 5) is 24.3. The first kappa shape index (κ1) is 22.4. The molecule has 0 aromatic heterocycles. The Hall–Kier alpha value is -3.32. The van der Waals surface area contributed by atoms with E-state index in [4.69, 9.17) is 9.47 Å². The summed E-state index contributed by atoms with van der Waals surface area (Å²) in [6, 6.07) is 22.4. The van der Waals surface area contributed by atoms with Gasteiger partial charge in [-0.15, -0.1) is 0 Å². The number of benzene rings is 3. The third kappa shape index (κ3) is 7.15. The number of aryl methyl sites for hydroxylation is 1. The normalized spacial score (nSPS) is 10.3. The van der Waals surface area contributed by atoms with Crippen LogP contribution in [-0.2, 0) is 11.2 Å². The lowest BCUT2D eigenvalue weighted by molar-refractivity contribution is -0.123. The Kier molecular flexibility index (Phi) is 8.06. The molecule has 0 aliphatic rings. The quantitative estimate of drug-likeness (QED) is 0.471. The maximum atomic E-state index is 12.3. The van der Waals surface area contributed by atoms with E-state index in [0.29, 0.717) is 23.7 Å². The average molecular weight is 483 g/mol. The summed E-state index contributed by atoms with van der Waals surface area (Å²) >= 11 is 3.39. The number of halogens is 1. The van der Waals surface area contributed by atoms with E-state index in [2.05, 4.69) is 26.8 Å². The van der Waals surface area contributed by atoms with Gasteiger partial charge >= 0.3 is 0 Å². The van der Waals surface area contributed by atoms with Crippen LogP contribution in [0.5, 0.6) is 11.5 Å². The molecule has 6 nitrogen and oxygen atoms in total. The fourth-order valence-electron chi connectivity index (χ4n) is 2.76. The average Bonchev–Trinajstić information content (AvgIpc) is 2.78. The van der Waals surface area contributed by atoms with E-state index in [1.54, 1.807) is 30.3 Å². The molecule has 0 bridgehead atoms. The topological polar surface area (TPSA) is 76.7 Å². The number of carbonyl (C=O) groups excluding carboxylic acids is 2. The number of hydrogen-bond acceptors (Lipinski definition) is 4. The van der Waals surface area contributed by atoms with E-state index >= 15 is 0 Å². The molecule has 0 unspecified atom stereocenters.